The maximum Gasteiger partial charge on any atom is 0.316 e. The van der Waals surface area contributed by atoms with Gasteiger partial charge in [0.05, 0.1) is 13.2 Å². The zero-order valence-corrected chi connectivity index (χ0v) is 13.1. The van der Waals surface area contributed by atoms with E-state index in [4.69, 9.17) is 9.15 Å². The minimum absolute atomic E-state index is 0.0957. The minimum atomic E-state index is -0.432. The maximum absolute atomic E-state index is 11.8. The number of rotatable bonds is 10. The van der Waals surface area contributed by atoms with Crippen molar-refractivity contribution in [3.8, 4) is 0 Å². The topological polar surface area (TPSA) is 101 Å². The van der Waals surface area contributed by atoms with Crippen LogP contribution in [0.3, 0.4) is 0 Å². The highest BCUT2D eigenvalue weighted by Gasteiger charge is 2.15. The fourth-order valence-electron chi connectivity index (χ4n) is 1.46. The van der Waals surface area contributed by atoms with Gasteiger partial charge in [0.2, 0.25) is 11.8 Å². The van der Waals surface area contributed by atoms with Crippen molar-refractivity contribution < 1.29 is 13.9 Å². The van der Waals surface area contributed by atoms with Gasteiger partial charge in [-0.15, -0.1) is 5.10 Å². The number of ether oxygens (including phenoxy) is 1. The molecule has 8 heteroatoms. The van der Waals surface area contributed by atoms with Gasteiger partial charge in [-0.3, -0.25) is 4.79 Å². The fraction of sp³-hybridized carbons (Fsp3) is 0.769. The summed E-state index contributed by atoms with van der Waals surface area (Å²) in [6, 6.07) is -0.191. The average molecular weight is 299 g/mol. The van der Waals surface area contributed by atoms with Crippen molar-refractivity contribution in [2.75, 3.05) is 32.1 Å². The third-order valence-electron chi connectivity index (χ3n) is 2.64. The van der Waals surface area contributed by atoms with Crippen LogP contribution in [0.2, 0.25) is 0 Å². The standard InChI is InChI=1S/C13H25N5O3/c1-9(2)7-15-12(19)10(3)16-13-18-17-11(21-13)8-14-5-6-20-4/h9-10,14H,5-8H2,1-4H3,(H,15,19)(H,16,18). The summed E-state index contributed by atoms with van der Waals surface area (Å²) in [5, 5.41) is 16.6. The molecule has 0 saturated heterocycles. The highest BCUT2D eigenvalue weighted by atomic mass is 16.5. The van der Waals surface area contributed by atoms with Crippen LogP contribution < -0.4 is 16.0 Å². The second-order valence-corrected chi connectivity index (χ2v) is 5.18. The van der Waals surface area contributed by atoms with E-state index in [0.29, 0.717) is 38.0 Å². The predicted octanol–water partition coefficient (Wildman–Crippen LogP) is 0.378. The Labute approximate surface area is 125 Å². The molecule has 21 heavy (non-hydrogen) atoms. The Morgan fingerprint density at radius 1 is 1.33 bits per heavy atom. The summed E-state index contributed by atoms with van der Waals surface area (Å²) >= 11 is 0. The number of nitrogens with zero attached hydrogens (tertiary/aromatic N) is 2. The van der Waals surface area contributed by atoms with Crippen molar-refractivity contribution in [1.82, 2.24) is 20.8 Å². The molecule has 0 bridgehead atoms. The first-order chi connectivity index (χ1) is 10.0. The number of methoxy groups -OCH3 is 1. The highest BCUT2D eigenvalue weighted by Crippen LogP contribution is 2.06. The molecule has 0 spiro atoms. The lowest BCUT2D eigenvalue weighted by molar-refractivity contribution is -0.121. The van der Waals surface area contributed by atoms with E-state index in [1.165, 1.54) is 0 Å². The highest BCUT2D eigenvalue weighted by molar-refractivity contribution is 5.83. The Hall–Kier alpha value is -1.67. The van der Waals surface area contributed by atoms with E-state index in [1.807, 2.05) is 13.8 Å². The van der Waals surface area contributed by atoms with Crippen LogP contribution in [0.1, 0.15) is 26.7 Å². The summed E-state index contributed by atoms with van der Waals surface area (Å²) in [6.07, 6.45) is 0. The molecule has 1 aromatic heterocycles. The molecule has 120 valence electrons. The van der Waals surface area contributed by atoms with Crippen molar-refractivity contribution >= 4 is 11.9 Å². The van der Waals surface area contributed by atoms with Gasteiger partial charge in [-0.05, 0) is 12.8 Å². The first kappa shape index (κ1) is 17.4. The second kappa shape index (κ2) is 9.30. The second-order valence-electron chi connectivity index (χ2n) is 5.18. The number of nitrogens with one attached hydrogen (secondary N) is 3. The molecular weight excluding hydrogens is 274 g/mol. The summed E-state index contributed by atoms with van der Waals surface area (Å²) in [4.78, 5) is 11.8. The summed E-state index contributed by atoms with van der Waals surface area (Å²) in [5.41, 5.74) is 0. The molecule has 1 unspecified atom stereocenters. The normalized spacial score (nSPS) is 12.4. The molecule has 1 amide bonds. The quantitative estimate of drug-likeness (QED) is 0.537. The lowest BCUT2D eigenvalue weighted by Gasteiger charge is -2.13. The third kappa shape index (κ3) is 7.05. The van der Waals surface area contributed by atoms with Crippen molar-refractivity contribution in [1.29, 1.82) is 0 Å². The van der Waals surface area contributed by atoms with Crippen molar-refractivity contribution in [3.05, 3.63) is 5.89 Å². The molecule has 0 aromatic carbocycles. The van der Waals surface area contributed by atoms with Crippen LogP contribution in [0.5, 0.6) is 0 Å². The van der Waals surface area contributed by atoms with Gasteiger partial charge >= 0.3 is 6.01 Å². The minimum Gasteiger partial charge on any atom is -0.407 e. The molecule has 1 aromatic rings. The van der Waals surface area contributed by atoms with Gasteiger partial charge in [0.1, 0.15) is 6.04 Å². The fourth-order valence-corrected chi connectivity index (χ4v) is 1.46. The summed E-state index contributed by atoms with van der Waals surface area (Å²) in [6.45, 7) is 8.26. The van der Waals surface area contributed by atoms with Crippen LogP contribution in [0.25, 0.3) is 0 Å². The van der Waals surface area contributed by atoms with Crippen LogP contribution >= 0.6 is 0 Å². The lowest BCUT2D eigenvalue weighted by Crippen LogP contribution is -2.39. The van der Waals surface area contributed by atoms with Crippen LogP contribution in [-0.4, -0.2) is 49.0 Å². The number of aromatic nitrogens is 2. The average Bonchev–Trinajstić information content (AvgIpc) is 2.88. The number of carbonyl (C=O) groups is 1. The van der Waals surface area contributed by atoms with E-state index in [-0.39, 0.29) is 11.9 Å². The number of anilines is 1. The smallest absolute Gasteiger partial charge is 0.316 e. The molecule has 0 aliphatic heterocycles. The molecule has 3 N–H and O–H groups in total. The molecule has 1 heterocycles. The molecule has 0 aliphatic carbocycles. The Morgan fingerprint density at radius 3 is 2.76 bits per heavy atom. The van der Waals surface area contributed by atoms with Crippen LogP contribution in [0.4, 0.5) is 6.01 Å². The van der Waals surface area contributed by atoms with Crippen LogP contribution in [0, 0.1) is 5.92 Å². The maximum atomic E-state index is 11.8. The van der Waals surface area contributed by atoms with Crippen LogP contribution in [-0.2, 0) is 16.1 Å². The van der Waals surface area contributed by atoms with Crippen molar-refractivity contribution in [3.63, 3.8) is 0 Å². The lowest BCUT2D eigenvalue weighted by atomic mass is 10.2. The van der Waals surface area contributed by atoms with E-state index in [1.54, 1.807) is 14.0 Å². The molecule has 0 fully saturated rings. The summed E-state index contributed by atoms with van der Waals surface area (Å²) < 4.78 is 10.3. The van der Waals surface area contributed by atoms with Gasteiger partial charge in [-0.25, -0.2) is 0 Å². The molecule has 1 atom stereocenters. The van der Waals surface area contributed by atoms with Gasteiger partial charge in [0, 0.05) is 20.2 Å². The molecular formula is C13H25N5O3. The molecule has 0 saturated carbocycles. The van der Waals surface area contributed by atoms with E-state index in [2.05, 4.69) is 26.1 Å². The van der Waals surface area contributed by atoms with Gasteiger partial charge in [0.25, 0.3) is 0 Å². The number of hydrogen-bond donors (Lipinski definition) is 3. The first-order valence-corrected chi connectivity index (χ1v) is 7.09. The van der Waals surface area contributed by atoms with Crippen LogP contribution in [0.15, 0.2) is 4.42 Å². The Kier molecular flexibility index (Phi) is 7.70. The zero-order valence-electron chi connectivity index (χ0n) is 13.1. The summed E-state index contributed by atoms with van der Waals surface area (Å²) in [5.74, 6) is 0.777. The van der Waals surface area contributed by atoms with E-state index in [0.717, 1.165) is 0 Å². The Morgan fingerprint density at radius 2 is 2.10 bits per heavy atom. The third-order valence-corrected chi connectivity index (χ3v) is 2.64. The van der Waals surface area contributed by atoms with Gasteiger partial charge in [0.15, 0.2) is 0 Å². The van der Waals surface area contributed by atoms with E-state index < -0.39 is 6.04 Å². The Balaban J connectivity index is 2.34. The molecule has 1 rings (SSSR count). The van der Waals surface area contributed by atoms with Crippen molar-refractivity contribution in [2.45, 2.75) is 33.4 Å². The van der Waals surface area contributed by atoms with E-state index >= 15 is 0 Å². The van der Waals surface area contributed by atoms with Gasteiger partial charge in [-0.1, -0.05) is 18.9 Å². The van der Waals surface area contributed by atoms with Crippen molar-refractivity contribution in [2.24, 2.45) is 5.92 Å². The zero-order chi connectivity index (χ0) is 15.7. The molecule has 0 radical (unpaired) electrons. The first-order valence-electron chi connectivity index (χ1n) is 7.09. The van der Waals surface area contributed by atoms with Gasteiger partial charge < -0.3 is 25.1 Å². The molecule has 8 nitrogen and oxygen atoms in total. The number of amides is 1. The Bertz CT molecular complexity index is 422. The van der Waals surface area contributed by atoms with Gasteiger partial charge in [-0.2, -0.15) is 0 Å². The SMILES string of the molecule is COCCNCc1nnc(NC(C)C(=O)NCC(C)C)o1. The number of hydrogen-bond acceptors (Lipinski definition) is 7. The predicted molar refractivity (Wildman–Crippen MR) is 78.8 cm³/mol. The number of carbonyl (C=O) groups excluding carboxylic acids is 1. The largest absolute Gasteiger partial charge is 0.407 e. The van der Waals surface area contributed by atoms with E-state index in [9.17, 15) is 4.79 Å². The monoisotopic (exact) mass is 299 g/mol. The summed E-state index contributed by atoms with van der Waals surface area (Å²) in [7, 11) is 1.64. The molecule has 0 aliphatic rings.